The first-order valence-corrected chi connectivity index (χ1v) is 9.40. The Morgan fingerprint density at radius 3 is 2.50 bits per heavy atom. The lowest BCUT2D eigenvalue weighted by Crippen LogP contribution is -2.12. The monoisotopic (exact) mass is 413 g/mol. The molecule has 4 rings (SSSR count). The summed E-state index contributed by atoms with van der Waals surface area (Å²) in [5, 5.41) is 4.62. The van der Waals surface area contributed by atoms with E-state index in [0.29, 0.717) is 49.4 Å². The zero-order valence-corrected chi connectivity index (χ0v) is 17.0. The van der Waals surface area contributed by atoms with E-state index >= 15 is 0 Å². The molecule has 0 aliphatic heterocycles. The molecule has 0 saturated heterocycles. The molecule has 0 saturated carbocycles. The number of para-hydroxylation sites is 1. The number of benzene rings is 2. The maximum absolute atomic E-state index is 12.8. The van der Waals surface area contributed by atoms with Gasteiger partial charge in [-0.1, -0.05) is 35.3 Å². The van der Waals surface area contributed by atoms with Gasteiger partial charge in [0.15, 0.2) is 0 Å². The van der Waals surface area contributed by atoms with E-state index in [0.717, 1.165) is 5.57 Å². The van der Waals surface area contributed by atoms with Gasteiger partial charge in [0, 0.05) is 7.05 Å². The predicted octanol–water partition coefficient (Wildman–Crippen LogP) is 5.28. The van der Waals surface area contributed by atoms with Crippen molar-refractivity contribution in [3.05, 3.63) is 62.6 Å². The molecule has 0 aliphatic carbocycles. The Balaban J connectivity index is 1.94. The van der Waals surface area contributed by atoms with Crippen molar-refractivity contribution in [1.82, 2.24) is 19.5 Å². The van der Waals surface area contributed by atoms with E-state index in [1.807, 2.05) is 33.0 Å². The second-order valence-corrected chi connectivity index (χ2v) is 7.24. The van der Waals surface area contributed by atoms with Crippen molar-refractivity contribution in [2.45, 2.75) is 13.8 Å². The number of imidazole rings is 1. The van der Waals surface area contributed by atoms with Crippen LogP contribution in [0.25, 0.3) is 27.5 Å². The number of aromatic amines is 1. The van der Waals surface area contributed by atoms with E-state index in [-0.39, 0.29) is 5.56 Å². The minimum absolute atomic E-state index is 0.211. The Morgan fingerprint density at radius 2 is 1.82 bits per heavy atom. The maximum Gasteiger partial charge on any atom is 0.261 e. The molecule has 2 heterocycles. The van der Waals surface area contributed by atoms with Gasteiger partial charge in [-0.15, -0.1) is 0 Å². The molecule has 6 nitrogen and oxygen atoms in total. The summed E-state index contributed by atoms with van der Waals surface area (Å²) in [6, 6.07) is 8.91. The molecule has 0 amide bonds. The number of aryl methyl sites for hydroxylation is 1. The highest BCUT2D eigenvalue weighted by molar-refractivity contribution is 6.39. The fourth-order valence-electron chi connectivity index (χ4n) is 3.09. The number of hydrogen-bond donors (Lipinski definition) is 2. The molecule has 28 heavy (non-hydrogen) atoms. The summed E-state index contributed by atoms with van der Waals surface area (Å²) in [6.07, 6.45) is 1.90. The van der Waals surface area contributed by atoms with Crippen LogP contribution in [0.4, 0.5) is 11.6 Å². The molecule has 0 atom stereocenters. The lowest BCUT2D eigenvalue weighted by molar-refractivity contribution is 0.960. The summed E-state index contributed by atoms with van der Waals surface area (Å²) in [4.78, 5) is 24.9. The molecule has 2 aromatic heterocycles. The summed E-state index contributed by atoms with van der Waals surface area (Å²) in [5.74, 6) is 1.08. The van der Waals surface area contributed by atoms with E-state index in [1.54, 1.807) is 28.8 Å². The smallest absolute Gasteiger partial charge is 0.261 e. The lowest BCUT2D eigenvalue weighted by atomic mass is 10.2. The topological polar surface area (TPSA) is 75.6 Å². The van der Waals surface area contributed by atoms with Crippen LogP contribution < -0.4 is 10.9 Å². The number of anilines is 2. The van der Waals surface area contributed by atoms with Crippen LogP contribution in [0, 0.1) is 0 Å². The van der Waals surface area contributed by atoms with Crippen LogP contribution in [0.1, 0.15) is 19.7 Å². The number of allylic oxidation sites excluding steroid dienone is 2. The van der Waals surface area contributed by atoms with Gasteiger partial charge in [0.1, 0.15) is 5.82 Å². The summed E-state index contributed by atoms with van der Waals surface area (Å²) in [7, 11) is 1.83. The quantitative estimate of drug-likeness (QED) is 0.478. The molecule has 0 aliphatic rings. The fraction of sp³-hybridized carbons (Fsp3) is 0.150. The fourth-order valence-corrected chi connectivity index (χ4v) is 3.59. The molecular formula is C20H17Cl2N5O. The molecule has 0 unspecified atom stereocenters. The molecule has 0 fully saturated rings. The van der Waals surface area contributed by atoms with Crippen molar-refractivity contribution in [3.8, 4) is 0 Å². The highest BCUT2D eigenvalue weighted by atomic mass is 35.5. The van der Waals surface area contributed by atoms with Crippen molar-refractivity contribution >= 4 is 62.3 Å². The normalized spacial score (nSPS) is 12.1. The van der Waals surface area contributed by atoms with E-state index in [4.69, 9.17) is 23.2 Å². The number of H-pyrrole nitrogens is 1. The van der Waals surface area contributed by atoms with Crippen molar-refractivity contribution < 1.29 is 0 Å². The van der Waals surface area contributed by atoms with Crippen molar-refractivity contribution in [1.29, 1.82) is 0 Å². The van der Waals surface area contributed by atoms with Gasteiger partial charge in [-0.2, -0.15) is 0 Å². The molecule has 2 N–H and O–H groups in total. The third-order valence-electron chi connectivity index (χ3n) is 4.71. The van der Waals surface area contributed by atoms with E-state index in [1.165, 1.54) is 0 Å². The largest absolute Gasteiger partial charge is 0.323 e. The number of fused-ring (bicyclic) bond motifs is 3. The predicted molar refractivity (Wildman–Crippen MR) is 116 cm³/mol. The minimum atomic E-state index is -0.211. The molecule has 8 heteroatoms. The number of nitrogens with zero attached hydrogens (tertiary/aromatic N) is 3. The van der Waals surface area contributed by atoms with Gasteiger partial charge < -0.3 is 14.9 Å². The molecule has 0 radical (unpaired) electrons. The second kappa shape index (κ2) is 6.96. The van der Waals surface area contributed by atoms with Crippen molar-refractivity contribution in [2.75, 3.05) is 5.32 Å². The van der Waals surface area contributed by atoms with Crippen LogP contribution in [-0.2, 0) is 7.05 Å². The first-order chi connectivity index (χ1) is 13.4. The number of rotatable bonds is 3. The van der Waals surface area contributed by atoms with Gasteiger partial charge in [-0.25, -0.2) is 9.97 Å². The Hall–Kier alpha value is -2.83. The van der Waals surface area contributed by atoms with Gasteiger partial charge in [-0.3, -0.25) is 4.79 Å². The van der Waals surface area contributed by atoms with Gasteiger partial charge in [-0.05, 0) is 43.7 Å². The van der Waals surface area contributed by atoms with Gasteiger partial charge in [0.25, 0.3) is 5.56 Å². The first kappa shape index (κ1) is 18.5. The van der Waals surface area contributed by atoms with Crippen LogP contribution in [0.3, 0.4) is 0 Å². The Kier molecular flexibility index (Phi) is 4.61. The summed E-state index contributed by atoms with van der Waals surface area (Å²) < 4.78 is 1.80. The van der Waals surface area contributed by atoms with Crippen LogP contribution in [0.15, 0.2) is 41.2 Å². The Labute approximate surface area is 170 Å². The zero-order valence-electron chi connectivity index (χ0n) is 15.5. The average molecular weight is 414 g/mol. The molecule has 0 bridgehead atoms. The number of hydrogen-bond acceptors (Lipinski definition) is 4. The zero-order chi connectivity index (χ0) is 20.0. The number of aromatic nitrogens is 4. The number of nitrogens with one attached hydrogen (secondary N) is 2. The van der Waals surface area contributed by atoms with Gasteiger partial charge in [0.2, 0.25) is 5.95 Å². The van der Waals surface area contributed by atoms with Crippen molar-refractivity contribution in [3.63, 3.8) is 0 Å². The SMILES string of the molecule is C/C=C(/C)c1nc2ccc3nc(Nc4c(Cl)cccc4Cl)n(C)c3c2c(=O)[nH]1. The maximum atomic E-state index is 12.8. The van der Waals surface area contributed by atoms with Crippen LogP contribution >= 0.6 is 23.2 Å². The third-order valence-corrected chi connectivity index (χ3v) is 5.34. The van der Waals surface area contributed by atoms with Crippen molar-refractivity contribution in [2.24, 2.45) is 7.05 Å². The highest BCUT2D eigenvalue weighted by Crippen LogP contribution is 2.33. The van der Waals surface area contributed by atoms with Gasteiger partial charge >= 0.3 is 0 Å². The van der Waals surface area contributed by atoms with Crippen LogP contribution in [0.5, 0.6) is 0 Å². The standard InChI is InChI=1S/C20H17Cl2N5O/c1-4-10(2)18-23-13-8-9-14-17(15(13)19(28)26-18)27(3)20(24-14)25-16-11(21)6-5-7-12(16)22/h4-9H,1-3H3,(H,24,25)(H,23,26,28)/b10-4-. The van der Waals surface area contributed by atoms with Crippen LogP contribution in [-0.4, -0.2) is 19.5 Å². The van der Waals surface area contributed by atoms with Crippen LogP contribution in [0.2, 0.25) is 10.0 Å². The summed E-state index contributed by atoms with van der Waals surface area (Å²) in [6.45, 7) is 3.81. The molecular weight excluding hydrogens is 397 g/mol. The Morgan fingerprint density at radius 1 is 1.14 bits per heavy atom. The third kappa shape index (κ3) is 2.95. The lowest BCUT2D eigenvalue weighted by Gasteiger charge is -2.10. The van der Waals surface area contributed by atoms with E-state index in [2.05, 4.69) is 20.3 Å². The van der Waals surface area contributed by atoms with E-state index < -0.39 is 0 Å². The molecule has 2 aromatic carbocycles. The number of halogens is 2. The minimum Gasteiger partial charge on any atom is -0.323 e. The average Bonchev–Trinajstić information content (AvgIpc) is 2.99. The molecule has 4 aromatic rings. The second-order valence-electron chi connectivity index (χ2n) is 6.43. The molecule has 0 spiro atoms. The summed E-state index contributed by atoms with van der Waals surface area (Å²) >= 11 is 12.5. The summed E-state index contributed by atoms with van der Waals surface area (Å²) in [5.41, 5.74) is 3.21. The molecule has 142 valence electrons. The first-order valence-electron chi connectivity index (χ1n) is 8.64. The highest BCUT2D eigenvalue weighted by Gasteiger charge is 2.17. The van der Waals surface area contributed by atoms with E-state index in [9.17, 15) is 4.79 Å². The Bertz CT molecular complexity index is 1300. The van der Waals surface area contributed by atoms with Gasteiger partial charge in [0.05, 0.1) is 37.7 Å².